The fourth-order valence-corrected chi connectivity index (χ4v) is 2.79. The Balaban J connectivity index is 1.88. The van der Waals surface area contributed by atoms with Gasteiger partial charge < -0.3 is 19.8 Å². The van der Waals surface area contributed by atoms with E-state index < -0.39 is 0 Å². The zero-order valence-corrected chi connectivity index (χ0v) is 14.4. The van der Waals surface area contributed by atoms with Gasteiger partial charge in [-0.3, -0.25) is 9.36 Å². The van der Waals surface area contributed by atoms with Crippen LogP contribution >= 0.6 is 11.6 Å². The Morgan fingerprint density at radius 1 is 1.20 bits per heavy atom. The quantitative estimate of drug-likeness (QED) is 0.731. The van der Waals surface area contributed by atoms with Crippen molar-refractivity contribution < 1.29 is 14.3 Å². The van der Waals surface area contributed by atoms with Crippen molar-refractivity contribution in [2.24, 2.45) is 0 Å². The van der Waals surface area contributed by atoms with Gasteiger partial charge in [0.15, 0.2) is 0 Å². The van der Waals surface area contributed by atoms with E-state index in [1.165, 1.54) is 18.8 Å². The number of anilines is 1. The molecule has 1 amide bonds. The maximum atomic E-state index is 12.4. The van der Waals surface area contributed by atoms with Crippen LogP contribution in [-0.2, 0) is 11.3 Å². The summed E-state index contributed by atoms with van der Waals surface area (Å²) in [7, 11) is 2.95. The first-order chi connectivity index (χ1) is 12.0. The third-order valence-electron chi connectivity index (χ3n) is 3.73. The molecule has 0 aliphatic heterocycles. The minimum Gasteiger partial charge on any atom is -0.495 e. The Hall–Kier alpha value is -2.93. The Morgan fingerprint density at radius 3 is 2.64 bits per heavy atom. The standard InChI is InChI=1S/C17H16ClN3O4/c1-24-14-8-12(15(25-2)7-10(14)18)19-16(22)9-21-13-6-4-3-5-11(13)20-17(21)23/h3-8H,9H2,1-2H3,(H,19,22)(H,20,23). The highest BCUT2D eigenvalue weighted by atomic mass is 35.5. The molecule has 3 rings (SSSR count). The number of hydrogen-bond donors (Lipinski definition) is 2. The van der Waals surface area contributed by atoms with Crippen LogP contribution in [0.1, 0.15) is 0 Å². The molecular formula is C17H16ClN3O4. The lowest BCUT2D eigenvalue weighted by atomic mass is 10.2. The molecule has 8 heteroatoms. The van der Waals surface area contributed by atoms with Gasteiger partial charge in [0.1, 0.15) is 18.0 Å². The molecule has 2 aromatic carbocycles. The summed E-state index contributed by atoms with van der Waals surface area (Å²) in [5.74, 6) is 0.419. The molecule has 0 bridgehead atoms. The lowest BCUT2D eigenvalue weighted by Gasteiger charge is -2.13. The summed E-state index contributed by atoms with van der Waals surface area (Å²) in [4.78, 5) is 27.2. The molecule has 1 aromatic heterocycles. The Kier molecular flexibility index (Phi) is 4.67. The number of aromatic amines is 1. The van der Waals surface area contributed by atoms with Crippen LogP contribution in [0.4, 0.5) is 5.69 Å². The number of methoxy groups -OCH3 is 2. The van der Waals surface area contributed by atoms with Gasteiger partial charge in [-0.2, -0.15) is 0 Å². The first kappa shape index (κ1) is 16.9. The molecule has 0 fully saturated rings. The zero-order chi connectivity index (χ0) is 18.0. The summed E-state index contributed by atoms with van der Waals surface area (Å²) in [6, 6.07) is 10.3. The van der Waals surface area contributed by atoms with Crippen LogP contribution in [0.5, 0.6) is 11.5 Å². The normalized spacial score (nSPS) is 10.7. The molecular weight excluding hydrogens is 346 g/mol. The fraction of sp³-hybridized carbons (Fsp3) is 0.176. The number of rotatable bonds is 5. The van der Waals surface area contributed by atoms with Crippen molar-refractivity contribution in [3.63, 3.8) is 0 Å². The van der Waals surface area contributed by atoms with E-state index in [1.54, 1.807) is 30.3 Å². The van der Waals surface area contributed by atoms with E-state index in [9.17, 15) is 9.59 Å². The van der Waals surface area contributed by atoms with Crippen molar-refractivity contribution in [2.45, 2.75) is 6.54 Å². The van der Waals surface area contributed by atoms with Crippen LogP contribution in [0.15, 0.2) is 41.2 Å². The molecule has 0 aliphatic carbocycles. The predicted molar refractivity (Wildman–Crippen MR) is 95.7 cm³/mol. The Labute approximate surface area is 148 Å². The first-order valence-corrected chi connectivity index (χ1v) is 7.80. The second-order valence-corrected chi connectivity index (χ2v) is 5.68. The number of fused-ring (bicyclic) bond motifs is 1. The average molecular weight is 362 g/mol. The highest BCUT2D eigenvalue weighted by Crippen LogP contribution is 2.35. The third-order valence-corrected chi connectivity index (χ3v) is 4.03. The average Bonchev–Trinajstić information content (AvgIpc) is 2.91. The van der Waals surface area contributed by atoms with Crippen LogP contribution < -0.4 is 20.5 Å². The summed E-state index contributed by atoms with van der Waals surface area (Å²) in [5.41, 5.74) is 1.38. The number of para-hydroxylation sites is 2. The number of H-pyrrole nitrogens is 1. The van der Waals surface area contributed by atoms with E-state index in [4.69, 9.17) is 21.1 Å². The molecule has 0 spiro atoms. The zero-order valence-electron chi connectivity index (χ0n) is 13.6. The van der Waals surface area contributed by atoms with Crippen molar-refractivity contribution in [1.82, 2.24) is 9.55 Å². The van der Waals surface area contributed by atoms with E-state index >= 15 is 0 Å². The first-order valence-electron chi connectivity index (χ1n) is 7.42. The van der Waals surface area contributed by atoms with Crippen LogP contribution in [0, 0.1) is 0 Å². The van der Waals surface area contributed by atoms with Crippen molar-refractivity contribution in [1.29, 1.82) is 0 Å². The van der Waals surface area contributed by atoms with Gasteiger partial charge in [-0.15, -0.1) is 0 Å². The number of nitrogens with one attached hydrogen (secondary N) is 2. The fourth-order valence-electron chi connectivity index (χ4n) is 2.56. The molecule has 0 atom stereocenters. The van der Waals surface area contributed by atoms with E-state index in [0.717, 1.165) is 0 Å². The van der Waals surface area contributed by atoms with Crippen molar-refractivity contribution >= 4 is 34.2 Å². The number of amides is 1. The molecule has 0 saturated carbocycles. The van der Waals surface area contributed by atoms with E-state index in [2.05, 4.69) is 10.3 Å². The molecule has 25 heavy (non-hydrogen) atoms. The summed E-state index contributed by atoms with van der Waals surface area (Å²) in [6.07, 6.45) is 0. The molecule has 1 heterocycles. The molecule has 3 aromatic rings. The molecule has 0 saturated heterocycles. The third kappa shape index (κ3) is 3.32. The van der Waals surface area contributed by atoms with E-state index in [0.29, 0.717) is 33.2 Å². The number of imidazole rings is 1. The van der Waals surface area contributed by atoms with Crippen LogP contribution in [0.2, 0.25) is 5.02 Å². The largest absolute Gasteiger partial charge is 0.495 e. The SMILES string of the molecule is COc1cc(NC(=O)Cn2c(=O)[nH]c3ccccc32)c(OC)cc1Cl. The Bertz CT molecular complexity index is 993. The van der Waals surface area contributed by atoms with Crippen molar-refractivity contribution in [3.8, 4) is 11.5 Å². The minimum atomic E-state index is -0.380. The summed E-state index contributed by atoms with van der Waals surface area (Å²) in [5, 5.41) is 3.08. The van der Waals surface area contributed by atoms with Crippen molar-refractivity contribution in [2.75, 3.05) is 19.5 Å². The number of hydrogen-bond acceptors (Lipinski definition) is 4. The Morgan fingerprint density at radius 2 is 1.92 bits per heavy atom. The van der Waals surface area contributed by atoms with Crippen LogP contribution in [0.25, 0.3) is 11.0 Å². The number of benzene rings is 2. The molecule has 0 radical (unpaired) electrons. The maximum Gasteiger partial charge on any atom is 0.326 e. The number of carbonyl (C=O) groups is 1. The van der Waals surface area contributed by atoms with Gasteiger partial charge in [0.05, 0.1) is 36.0 Å². The van der Waals surface area contributed by atoms with Gasteiger partial charge in [0.25, 0.3) is 0 Å². The number of carbonyl (C=O) groups excluding carboxylic acids is 1. The van der Waals surface area contributed by atoms with Gasteiger partial charge in [0.2, 0.25) is 5.91 Å². The lowest BCUT2D eigenvalue weighted by molar-refractivity contribution is -0.116. The lowest BCUT2D eigenvalue weighted by Crippen LogP contribution is -2.26. The minimum absolute atomic E-state index is 0.142. The molecule has 7 nitrogen and oxygen atoms in total. The van der Waals surface area contributed by atoms with Gasteiger partial charge in [0, 0.05) is 12.1 Å². The molecule has 0 unspecified atom stereocenters. The number of nitrogens with zero attached hydrogens (tertiary/aromatic N) is 1. The summed E-state index contributed by atoms with van der Waals surface area (Å²) < 4.78 is 11.7. The molecule has 130 valence electrons. The van der Waals surface area contributed by atoms with Crippen LogP contribution in [-0.4, -0.2) is 29.7 Å². The summed E-state index contributed by atoms with van der Waals surface area (Å²) in [6.45, 7) is -0.142. The van der Waals surface area contributed by atoms with Crippen molar-refractivity contribution in [3.05, 3.63) is 51.9 Å². The summed E-state index contributed by atoms with van der Waals surface area (Å²) >= 11 is 6.05. The maximum absolute atomic E-state index is 12.4. The number of ether oxygens (including phenoxy) is 2. The van der Waals surface area contributed by atoms with Crippen LogP contribution in [0.3, 0.4) is 0 Å². The highest BCUT2D eigenvalue weighted by molar-refractivity contribution is 6.32. The van der Waals surface area contributed by atoms with Gasteiger partial charge in [-0.1, -0.05) is 23.7 Å². The molecule has 0 aliphatic rings. The second kappa shape index (κ2) is 6.90. The van der Waals surface area contributed by atoms with Gasteiger partial charge >= 0.3 is 5.69 Å². The number of aromatic nitrogens is 2. The predicted octanol–water partition coefficient (Wildman–Crippen LogP) is 2.64. The van der Waals surface area contributed by atoms with Gasteiger partial charge in [-0.25, -0.2) is 4.79 Å². The smallest absolute Gasteiger partial charge is 0.326 e. The topological polar surface area (TPSA) is 85.4 Å². The monoisotopic (exact) mass is 361 g/mol. The van der Waals surface area contributed by atoms with E-state index in [1.807, 2.05) is 6.07 Å². The highest BCUT2D eigenvalue weighted by Gasteiger charge is 2.15. The van der Waals surface area contributed by atoms with E-state index in [-0.39, 0.29) is 18.1 Å². The number of halogens is 1. The molecule has 2 N–H and O–H groups in total. The van der Waals surface area contributed by atoms with Gasteiger partial charge in [-0.05, 0) is 12.1 Å². The second-order valence-electron chi connectivity index (χ2n) is 5.27.